The minimum atomic E-state index is -0.00754. The molecule has 1 aliphatic rings. The Kier molecular flexibility index (Phi) is 5.16. The van der Waals surface area contributed by atoms with Crippen molar-refractivity contribution >= 4 is 23.0 Å². The lowest BCUT2D eigenvalue weighted by Gasteiger charge is -2.22. The summed E-state index contributed by atoms with van der Waals surface area (Å²) in [5.41, 5.74) is 1.08. The lowest BCUT2D eigenvalue weighted by atomic mass is 10.1. The van der Waals surface area contributed by atoms with E-state index >= 15 is 0 Å². The van der Waals surface area contributed by atoms with Crippen LogP contribution in [0.1, 0.15) is 51.5 Å². The molecule has 3 rings (SSSR count). The van der Waals surface area contributed by atoms with Crippen molar-refractivity contribution in [2.75, 3.05) is 26.7 Å². The van der Waals surface area contributed by atoms with Crippen molar-refractivity contribution in [2.45, 2.75) is 25.8 Å². The molecule has 1 amide bonds. The van der Waals surface area contributed by atoms with Crippen LogP contribution in [-0.4, -0.2) is 53.2 Å². The number of nitrogens with one attached hydrogen (secondary N) is 1. The van der Waals surface area contributed by atoms with Gasteiger partial charge in [-0.15, -0.1) is 11.3 Å². The standard InChI is InChI=1S/C18H23N3O2S/c1-13(17-6-5-9-24-17)20(2)12-16(22)14-10-15(19-11-14)18(23)21-7-3-4-8-21/h5-6,9-11,13,19H,3-4,7-8,12H2,1-2H3/t13-/m0/s1. The van der Waals surface area contributed by atoms with E-state index in [1.54, 1.807) is 23.6 Å². The fourth-order valence-corrected chi connectivity index (χ4v) is 3.82. The van der Waals surface area contributed by atoms with Crippen molar-refractivity contribution in [3.63, 3.8) is 0 Å². The van der Waals surface area contributed by atoms with Crippen LogP contribution in [-0.2, 0) is 0 Å². The fraction of sp³-hybridized carbons (Fsp3) is 0.444. The second-order valence-corrected chi connectivity index (χ2v) is 7.31. The van der Waals surface area contributed by atoms with Crippen molar-refractivity contribution in [1.29, 1.82) is 0 Å². The molecule has 3 heterocycles. The molecule has 6 heteroatoms. The maximum Gasteiger partial charge on any atom is 0.270 e. The van der Waals surface area contributed by atoms with Crippen LogP contribution in [0.15, 0.2) is 29.8 Å². The van der Waals surface area contributed by atoms with Gasteiger partial charge in [-0.3, -0.25) is 14.5 Å². The zero-order valence-corrected chi connectivity index (χ0v) is 14.9. The molecule has 1 saturated heterocycles. The molecule has 0 saturated carbocycles. The van der Waals surface area contributed by atoms with Crippen LogP contribution in [0.3, 0.4) is 0 Å². The number of H-pyrrole nitrogens is 1. The number of rotatable bonds is 6. The number of nitrogens with zero attached hydrogens (tertiary/aromatic N) is 2. The molecule has 0 bridgehead atoms. The van der Waals surface area contributed by atoms with Gasteiger partial charge in [-0.25, -0.2) is 0 Å². The highest BCUT2D eigenvalue weighted by atomic mass is 32.1. The molecular weight excluding hydrogens is 322 g/mol. The number of hydrogen-bond acceptors (Lipinski definition) is 4. The van der Waals surface area contributed by atoms with E-state index in [0.717, 1.165) is 25.9 Å². The van der Waals surface area contributed by atoms with E-state index in [1.807, 2.05) is 28.3 Å². The summed E-state index contributed by atoms with van der Waals surface area (Å²) >= 11 is 1.70. The number of aromatic amines is 1. The van der Waals surface area contributed by atoms with Gasteiger partial charge in [0.15, 0.2) is 5.78 Å². The van der Waals surface area contributed by atoms with Gasteiger partial charge in [-0.2, -0.15) is 0 Å². The normalized spacial score (nSPS) is 15.9. The van der Waals surface area contributed by atoms with Gasteiger partial charge in [0, 0.05) is 35.8 Å². The second kappa shape index (κ2) is 7.32. The number of likely N-dealkylation sites (tertiary alicyclic amines) is 1. The Labute approximate surface area is 146 Å². The summed E-state index contributed by atoms with van der Waals surface area (Å²) in [4.78, 5) is 32.9. The topological polar surface area (TPSA) is 56.4 Å². The Morgan fingerprint density at radius 1 is 1.38 bits per heavy atom. The average molecular weight is 345 g/mol. The third-order valence-electron chi connectivity index (χ3n) is 4.64. The van der Waals surface area contributed by atoms with E-state index in [9.17, 15) is 9.59 Å². The fourth-order valence-electron chi connectivity index (χ4n) is 2.97. The van der Waals surface area contributed by atoms with Gasteiger partial charge < -0.3 is 9.88 Å². The zero-order valence-electron chi connectivity index (χ0n) is 14.1. The molecule has 2 aromatic heterocycles. The summed E-state index contributed by atoms with van der Waals surface area (Å²) in [6, 6.07) is 5.99. The minimum Gasteiger partial charge on any atom is -0.356 e. The van der Waals surface area contributed by atoms with Crippen LogP contribution in [0.2, 0.25) is 0 Å². The van der Waals surface area contributed by atoms with Crippen molar-refractivity contribution < 1.29 is 9.59 Å². The van der Waals surface area contributed by atoms with Crippen LogP contribution < -0.4 is 0 Å². The molecular formula is C18H23N3O2S. The smallest absolute Gasteiger partial charge is 0.270 e. The molecule has 5 nitrogen and oxygen atoms in total. The Balaban J connectivity index is 1.62. The number of aromatic nitrogens is 1. The monoisotopic (exact) mass is 345 g/mol. The molecule has 1 atom stereocenters. The quantitative estimate of drug-likeness (QED) is 0.818. The van der Waals surface area contributed by atoms with E-state index < -0.39 is 0 Å². The average Bonchev–Trinajstić information content (AvgIpc) is 3.35. The number of carbonyl (C=O) groups is 2. The van der Waals surface area contributed by atoms with E-state index in [2.05, 4.69) is 18.0 Å². The van der Waals surface area contributed by atoms with Crippen LogP contribution in [0.25, 0.3) is 0 Å². The molecule has 0 aromatic carbocycles. The van der Waals surface area contributed by atoms with Crippen molar-refractivity contribution in [3.05, 3.63) is 45.9 Å². The number of Topliss-reactive ketones (excluding diaryl/α,β-unsaturated/α-hetero) is 1. The van der Waals surface area contributed by atoms with Gasteiger partial charge in [0.2, 0.25) is 0 Å². The van der Waals surface area contributed by atoms with Gasteiger partial charge in [-0.1, -0.05) is 6.07 Å². The van der Waals surface area contributed by atoms with Gasteiger partial charge in [0.05, 0.1) is 6.54 Å². The number of amides is 1. The summed E-state index contributed by atoms with van der Waals surface area (Å²) in [6.07, 6.45) is 3.77. The molecule has 1 N–H and O–H groups in total. The molecule has 0 unspecified atom stereocenters. The summed E-state index contributed by atoms with van der Waals surface area (Å²) in [5.74, 6) is 0.0180. The van der Waals surface area contributed by atoms with Crippen LogP contribution in [0, 0.1) is 0 Å². The Bertz CT molecular complexity index is 702. The maximum atomic E-state index is 12.5. The molecule has 0 spiro atoms. The molecule has 2 aromatic rings. The summed E-state index contributed by atoms with van der Waals surface area (Å²) < 4.78 is 0. The van der Waals surface area contributed by atoms with Gasteiger partial charge >= 0.3 is 0 Å². The van der Waals surface area contributed by atoms with Crippen molar-refractivity contribution in [2.24, 2.45) is 0 Å². The third kappa shape index (κ3) is 3.60. The largest absolute Gasteiger partial charge is 0.356 e. The highest BCUT2D eigenvalue weighted by Gasteiger charge is 2.22. The van der Waals surface area contributed by atoms with E-state index in [-0.39, 0.29) is 17.7 Å². The SMILES string of the molecule is C[C@@H](c1cccs1)N(C)CC(=O)c1c[nH]c(C(=O)N2CCCC2)c1. The summed E-state index contributed by atoms with van der Waals surface area (Å²) in [5, 5.41) is 2.05. The van der Waals surface area contributed by atoms with E-state index in [1.165, 1.54) is 4.88 Å². The van der Waals surface area contributed by atoms with E-state index in [4.69, 9.17) is 0 Å². The number of carbonyl (C=O) groups excluding carboxylic acids is 2. The maximum absolute atomic E-state index is 12.5. The number of likely N-dealkylation sites (N-methyl/N-ethyl adjacent to an activating group) is 1. The highest BCUT2D eigenvalue weighted by Crippen LogP contribution is 2.23. The van der Waals surface area contributed by atoms with Crippen molar-refractivity contribution in [3.8, 4) is 0 Å². The molecule has 24 heavy (non-hydrogen) atoms. The molecule has 0 radical (unpaired) electrons. The number of hydrogen-bond donors (Lipinski definition) is 1. The molecule has 1 aliphatic heterocycles. The summed E-state index contributed by atoms with van der Waals surface area (Å²) in [6.45, 7) is 4.04. The molecule has 0 aliphatic carbocycles. The number of thiophene rings is 1. The van der Waals surface area contributed by atoms with Crippen LogP contribution >= 0.6 is 11.3 Å². The predicted octanol–water partition coefficient (Wildman–Crippen LogP) is 3.19. The van der Waals surface area contributed by atoms with Gasteiger partial charge in [0.25, 0.3) is 5.91 Å². The first-order valence-electron chi connectivity index (χ1n) is 8.31. The minimum absolute atomic E-state index is 0.00754. The van der Waals surface area contributed by atoms with Gasteiger partial charge in [-0.05, 0) is 44.3 Å². The third-order valence-corrected chi connectivity index (χ3v) is 5.68. The van der Waals surface area contributed by atoms with Gasteiger partial charge in [0.1, 0.15) is 5.69 Å². The molecule has 1 fully saturated rings. The van der Waals surface area contributed by atoms with Crippen LogP contribution in [0.4, 0.5) is 0 Å². The predicted molar refractivity (Wildman–Crippen MR) is 95.6 cm³/mol. The lowest BCUT2D eigenvalue weighted by molar-refractivity contribution is 0.0787. The summed E-state index contributed by atoms with van der Waals surface area (Å²) in [7, 11) is 1.95. The second-order valence-electron chi connectivity index (χ2n) is 6.33. The highest BCUT2D eigenvalue weighted by molar-refractivity contribution is 7.10. The molecule has 128 valence electrons. The zero-order chi connectivity index (χ0) is 17.1. The first-order chi connectivity index (χ1) is 11.6. The number of ketones is 1. The van der Waals surface area contributed by atoms with E-state index in [0.29, 0.717) is 17.8 Å². The first kappa shape index (κ1) is 16.9. The lowest BCUT2D eigenvalue weighted by Crippen LogP contribution is -2.28. The Hall–Kier alpha value is -1.92. The Morgan fingerprint density at radius 3 is 2.79 bits per heavy atom. The van der Waals surface area contributed by atoms with Crippen LogP contribution in [0.5, 0.6) is 0 Å². The first-order valence-corrected chi connectivity index (χ1v) is 9.19. The Morgan fingerprint density at radius 2 is 2.12 bits per heavy atom. The van der Waals surface area contributed by atoms with Crippen molar-refractivity contribution in [1.82, 2.24) is 14.8 Å².